The number of anilines is 1. The fourth-order valence-electron chi connectivity index (χ4n) is 1.25. The van der Waals surface area contributed by atoms with Crippen LogP contribution < -0.4 is 5.32 Å². The van der Waals surface area contributed by atoms with Crippen molar-refractivity contribution in [3.63, 3.8) is 0 Å². The van der Waals surface area contributed by atoms with Gasteiger partial charge in [-0.05, 0) is 18.2 Å². The van der Waals surface area contributed by atoms with Gasteiger partial charge in [0.1, 0.15) is 0 Å². The number of halogens is 1. The molecule has 16 heavy (non-hydrogen) atoms. The summed E-state index contributed by atoms with van der Waals surface area (Å²) < 4.78 is 0. The molecule has 0 saturated heterocycles. The highest BCUT2D eigenvalue weighted by atomic mass is 35.5. The molecule has 2 aromatic rings. The van der Waals surface area contributed by atoms with Crippen LogP contribution in [0.15, 0.2) is 48.8 Å². The van der Waals surface area contributed by atoms with E-state index >= 15 is 0 Å². The summed E-state index contributed by atoms with van der Waals surface area (Å²) in [5.74, 6) is -0.199. The molecular formula is C12H9ClN2O. The summed E-state index contributed by atoms with van der Waals surface area (Å²) >= 11 is 5.90. The Morgan fingerprint density at radius 3 is 2.62 bits per heavy atom. The minimum absolute atomic E-state index is 0.199. The van der Waals surface area contributed by atoms with Crippen molar-refractivity contribution in [1.29, 1.82) is 0 Å². The molecule has 0 unspecified atom stereocenters. The molecule has 0 radical (unpaired) electrons. The summed E-state index contributed by atoms with van der Waals surface area (Å²) in [4.78, 5) is 15.7. The van der Waals surface area contributed by atoms with Crippen LogP contribution in [-0.2, 0) is 0 Å². The molecule has 0 aliphatic rings. The second kappa shape index (κ2) is 4.77. The number of amides is 1. The van der Waals surface area contributed by atoms with Crippen molar-refractivity contribution in [2.75, 3.05) is 5.32 Å². The van der Waals surface area contributed by atoms with Gasteiger partial charge < -0.3 is 5.32 Å². The van der Waals surface area contributed by atoms with Gasteiger partial charge in [0, 0.05) is 11.8 Å². The topological polar surface area (TPSA) is 42.0 Å². The Morgan fingerprint density at radius 2 is 1.94 bits per heavy atom. The maximum atomic E-state index is 11.8. The quantitative estimate of drug-likeness (QED) is 0.865. The van der Waals surface area contributed by atoms with Crippen LogP contribution in [-0.4, -0.2) is 10.9 Å². The zero-order chi connectivity index (χ0) is 11.4. The molecule has 0 spiro atoms. The fourth-order valence-corrected chi connectivity index (χ4v) is 1.41. The van der Waals surface area contributed by atoms with E-state index in [0.29, 0.717) is 16.3 Å². The summed E-state index contributed by atoms with van der Waals surface area (Å²) in [7, 11) is 0. The highest BCUT2D eigenvalue weighted by molar-refractivity contribution is 6.33. The Balaban J connectivity index is 2.18. The van der Waals surface area contributed by atoms with E-state index in [9.17, 15) is 4.79 Å². The molecule has 0 aliphatic carbocycles. The molecule has 1 heterocycles. The zero-order valence-corrected chi connectivity index (χ0v) is 9.11. The van der Waals surface area contributed by atoms with Crippen molar-refractivity contribution in [3.05, 3.63) is 59.4 Å². The summed E-state index contributed by atoms with van der Waals surface area (Å²) in [5.41, 5.74) is 1.10. The standard InChI is InChI=1S/C12H9ClN2O/c13-10-6-7-14-8-11(10)15-12(16)9-4-2-1-3-5-9/h1-8H,(H,15,16). The first kappa shape index (κ1) is 10.6. The van der Waals surface area contributed by atoms with Gasteiger partial charge in [-0.1, -0.05) is 29.8 Å². The van der Waals surface area contributed by atoms with Crippen molar-refractivity contribution in [3.8, 4) is 0 Å². The van der Waals surface area contributed by atoms with E-state index in [2.05, 4.69) is 10.3 Å². The summed E-state index contributed by atoms with van der Waals surface area (Å²) in [5, 5.41) is 3.16. The minimum Gasteiger partial charge on any atom is -0.319 e. The lowest BCUT2D eigenvalue weighted by molar-refractivity contribution is 0.102. The van der Waals surface area contributed by atoms with Crippen molar-refractivity contribution in [2.24, 2.45) is 0 Å². The second-order valence-electron chi connectivity index (χ2n) is 3.18. The first-order valence-corrected chi connectivity index (χ1v) is 5.11. The molecule has 1 amide bonds. The number of hydrogen-bond donors (Lipinski definition) is 1. The number of hydrogen-bond acceptors (Lipinski definition) is 2. The number of pyridine rings is 1. The highest BCUT2D eigenvalue weighted by Crippen LogP contribution is 2.19. The lowest BCUT2D eigenvalue weighted by Gasteiger charge is -2.05. The van der Waals surface area contributed by atoms with E-state index in [1.54, 1.807) is 36.5 Å². The Hall–Kier alpha value is -1.87. The average molecular weight is 233 g/mol. The molecular weight excluding hydrogens is 224 g/mol. The van der Waals surface area contributed by atoms with Gasteiger partial charge >= 0.3 is 0 Å². The number of nitrogens with one attached hydrogen (secondary N) is 1. The van der Waals surface area contributed by atoms with Crippen LogP contribution in [0.25, 0.3) is 0 Å². The number of rotatable bonds is 2. The third-order valence-electron chi connectivity index (χ3n) is 2.05. The number of aromatic nitrogens is 1. The SMILES string of the molecule is O=C(Nc1cnccc1Cl)c1ccccc1. The number of benzene rings is 1. The fraction of sp³-hybridized carbons (Fsp3) is 0. The second-order valence-corrected chi connectivity index (χ2v) is 3.58. The smallest absolute Gasteiger partial charge is 0.255 e. The molecule has 0 atom stereocenters. The molecule has 1 aromatic carbocycles. The first-order valence-electron chi connectivity index (χ1n) is 4.73. The van der Waals surface area contributed by atoms with E-state index < -0.39 is 0 Å². The summed E-state index contributed by atoms with van der Waals surface area (Å²) in [6.07, 6.45) is 3.09. The molecule has 0 bridgehead atoms. The van der Waals surface area contributed by atoms with Crippen LogP contribution in [0.4, 0.5) is 5.69 Å². The summed E-state index contributed by atoms with van der Waals surface area (Å²) in [6, 6.07) is 10.6. The van der Waals surface area contributed by atoms with Crippen LogP contribution in [0.3, 0.4) is 0 Å². The third-order valence-corrected chi connectivity index (χ3v) is 2.38. The molecule has 1 aromatic heterocycles. The lowest BCUT2D eigenvalue weighted by atomic mass is 10.2. The van der Waals surface area contributed by atoms with Gasteiger partial charge in [0.05, 0.1) is 16.9 Å². The van der Waals surface area contributed by atoms with Crippen LogP contribution in [0.5, 0.6) is 0 Å². The molecule has 3 nitrogen and oxygen atoms in total. The highest BCUT2D eigenvalue weighted by Gasteiger charge is 2.07. The number of carbonyl (C=O) groups excluding carboxylic acids is 1. The van der Waals surface area contributed by atoms with Crippen LogP contribution in [0.2, 0.25) is 5.02 Å². The van der Waals surface area contributed by atoms with Gasteiger partial charge in [0.15, 0.2) is 0 Å². The first-order chi connectivity index (χ1) is 7.77. The number of nitrogens with zero attached hydrogens (tertiary/aromatic N) is 1. The predicted octanol–water partition coefficient (Wildman–Crippen LogP) is 2.99. The van der Waals surface area contributed by atoms with Gasteiger partial charge in [-0.25, -0.2) is 0 Å². The largest absolute Gasteiger partial charge is 0.319 e. The Morgan fingerprint density at radius 1 is 1.19 bits per heavy atom. The maximum Gasteiger partial charge on any atom is 0.255 e. The lowest BCUT2D eigenvalue weighted by Crippen LogP contribution is -2.12. The molecule has 0 aliphatic heterocycles. The van der Waals surface area contributed by atoms with E-state index in [0.717, 1.165) is 0 Å². The van der Waals surface area contributed by atoms with E-state index in [1.165, 1.54) is 6.20 Å². The summed E-state index contributed by atoms with van der Waals surface area (Å²) in [6.45, 7) is 0. The van der Waals surface area contributed by atoms with Crippen molar-refractivity contribution in [1.82, 2.24) is 4.98 Å². The van der Waals surface area contributed by atoms with Crippen LogP contribution in [0, 0.1) is 0 Å². The van der Waals surface area contributed by atoms with E-state index in [4.69, 9.17) is 11.6 Å². The van der Waals surface area contributed by atoms with Gasteiger partial charge in [-0.2, -0.15) is 0 Å². The average Bonchev–Trinajstić information content (AvgIpc) is 2.33. The Kier molecular flexibility index (Phi) is 3.17. The minimum atomic E-state index is -0.199. The van der Waals surface area contributed by atoms with Gasteiger partial charge in [0.2, 0.25) is 0 Å². The van der Waals surface area contributed by atoms with Crippen LogP contribution >= 0.6 is 11.6 Å². The third kappa shape index (κ3) is 2.38. The zero-order valence-electron chi connectivity index (χ0n) is 8.35. The maximum absolute atomic E-state index is 11.8. The molecule has 0 saturated carbocycles. The normalized spacial score (nSPS) is 9.81. The number of carbonyl (C=O) groups is 1. The molecule has 4 heteroatoms. The predicted molar refractivity (Wildman–Crippen MR) is 63.6 cm³/mol. The van der Waals surface area contributed by atoms with Crippen LogP contribution in [0.1, 0.15) is 10.4 Å². The Bertz CT molecular complexity index is 499. The van der Waals surface area contributed by atoms with E-state index in [1.807, 2.05) is 6.07 Å². The molecule has 0 fully saturated rings. The van der Waals surface area contributed by atoms with Crippen molar-refractivity contribution < 1.29 is 4.79 Å². The van der Waals surface area contributed by atoms with Gasteiger partial charge in [-0.15, -0.1) is 0 Å². The molecule has 80 valence electrons. The molecule has 2 rings (SSSR count). The Labute approximate surface area is 98.1 Å². The van der Waals surface area contributed by atoms with Crippen molar-refractivity contribution >= 4 is 23.2 Å². The molecule has 1 N–H and O–H groups in total. The van der Waals surface area contributed by atoms with Crippen molar-refractivity contribution in [2.45, 2.75) is 0 Å². The van der Waals surface area contributed by atoms with Gasteiger partial charge in [0.25, 0.3) is 5.91 Å². The van der Waals surface area contributed by atoms with E-state index in [-0.39, 0.29) is 5.91 Å². The van der Waals surface area contributed by atoms with Gasteiger partial charge in [-0.3, -0.25) is 9.78 Å². The monoisotopic (exact) mass is 232 g/mol.